The Bertz CT molecular complexity index is 841. The summed E-state index contributed by atoms with van der Waals surface area (Å²) in [4.78, 5) is 21.4. The Morgan fingerprint density at radius 2 is 1.85 bits per heavy atom. The van der Waals surface area contributed by atoms with E-state index in [1.165, 1.54) is 5.56 Å². The summed E-state index contributed by atoms with van der Waals surface area (Å²) in [6.45, 7) is 4.71. The lowest BCUT2D eigenvalue weighted by molar-refractivity contribution is -0.132. The molecule has 0 radical (unpaired) electrons. The monoisotopic (exact) mass is 398 g/mol. The number of rotatable bonds is 3. The highest BCUT2D eigenvalue weighted by atomic mass is 32.2. The molecule has 1 amide bonds. The molecule has 2 saturated heterocycles. The van der Waals surface area contributed by atoms with Crippen molar-refractivity contribution in [3.05, 3.63) is 65.7 Å². The molecule has 0 aliphatic carbocycles. The highest BCUT2D eigenvalue weighted by Gasteiger charge is 2.48. The first-order chi connectivity index (χ1) is 13.1. The summed E-state index contributed by atoms with van der Waals surface area (Å²) in [6.07, 6.45) is -0.239. The quantitative estimate of drug-likeness (QED) is 0.718. The number of hydrogen-bond donors (Lipinski definition) is 0. The van der Waals surface area contributed by atoms with Gasteiger partial charge >= 0.3 is 0 Å². The van der Waals surface area contributed by atoms with Crippen LogP contribution in [-0.4, -0.2) is 33.5 Å². The van der Waals surface area contributed by atoms with Crippen LogP contribution in [-0.2, 0) is 9.63 Å². The van der Waals surface area contributed by atoms with Gasteiger partial charge in [0.25, 0.3) is 0 Å². The summed E-state index contributed by atoms with van der Waals surface area (Å²) < 4.78 is 0.674. The molecule has 6 heteroatoms. The van der Waals surface area contributed by atoms with E-state index in [1.807, 2.05) is 42.3 Å². The lowest BCUT2D eigenvalue weighted by atomic mass is 9.88. The molecule has 2 heterocycles. The second-order valence-electron chi connectivity index (χ2n) is 6.96. The zero-order valence-electron chi connectivity index (χ0n) is 15.4. The third-order valence-electron chi connectivity index (χ3n) is 5.12. The van der Waals surface area contributed by atoms with E-state index in [4.69, 9.17) is 17.1 Å². The molecule has 4 nitrogen and oxygen atoms in total. The van der Waals surface area contributed by atoms with E-state index in [1.54, 1.807) is 16.7 Å². The molecule has 2 aliphatic heterocycles. The molecule has 0 spiro atoms. The number of carbonyl (C=O) groups is 1. The van der Waals surface area contributed by atoms with Crippen molar-refractivity contribution < 1.29 is 9.63 Å². The molecule has 0 saturated carbocycles. The maximum Gasteiger partial charge on any atom is 0.236 e. The number of carbonyl (C=O) groups excluding carboxylic acids is 1. The van der Waals surface area contributed by atoms with E-state index in [-0.39, 0.29) is 24.0 Å². The fraction of sp³-hybridized carbons (Fsp3) is 0.333. The van der Waals surface area contributed by atoms with Gasteiger partial charge in [-0.25, -0.2) is 5.06 Å². The Hall–Kier alpha value is -1.89. The minimum atomic E-state index is -0.315. The Morgan fingerprint density at radius 3 is 2.48 bits per heavy atom. The fourth-order valence-electron chi connectivity index (χ4n) is 3.72. The average Bonchev–Trinajstić information content (AvgIpc) is 3.26. The van der Waals surface area contributed by atoms with Gasteiger partial charge in [0.15, 0.2) is 0 Å². The summed E-state index contributed by atoms with van der Waals surface area (Å²) in [6, 6.07) is 18.1. The Labute approximate surface area is 169 Å². The first-order valence-corrected chi connectivity index (χ1v) is 10.5. The number of anilines is 1. The van der Waals surface area contributed by atoms with Gasteiger partial charge in [0.2, 0.25) is 5.91 Å². The summed E-state index contributed by atoms with van der Waals surface area (Å²) in [7, 11) is 0. The molecular weight excluding hydrogens is 376 g/mol. The minimum absolute atomic E-state index is 0.0570. The lowest BCUT2D eigenvalue weighted by Crippen LogP contribution is -2.41. The van der Waals surface area contributed by atoms with Crippen molar-refractivity contribution in [3.63, 3.8) is 0 Å². The maximum atomic E-state index is 13.4. The molecule has 0 N–H and O–H groups in total. The highest BCUT2D eigenvalue weighted by molar-refractivity contribution is 8.23. The Balaban J connectivity index is 1.75. The number of nitrogens with zero attached hydrogens (tertiary/aromatic N) is 2. The molecule has 27 heavy (non-hydrogen) atoms. The smallest absolute Gasteiger partial charge is 0.236 e. The van der Waals surface area contributed by atoms with Crippen molar-refractivity contribution in [2.24, 2.45) is 5.92 Å². The second kappa shape index (κ2) is 7.62. The van der Waals surface area contributed by atoms with Crippen molar-refractivity contribution in [3.8, 4) is 0 Å². The van der Waals surface area contributed by atoms with Crippen molar-refractivity contribution in [1.82, 2.24) is 4.90 Å². The number of hydroxylamine groups is 1. The van der Waals surface area contributed by atoms with Gasteiger partial charge in [0, 0.05) is 12.3 Å². The van der Waals surface area contributed by atoms with E-state index in [0.29, 0.717) is 10.9 Å². The number of thiocarbonyl (C=S) groups is 1. The summed E-state index contributed by atoms with van der Waals surface area (Å²) in [5.41, 5.74) is 3.21. The van der Waals surface area contributed by atoms with E-state index in [9.17, 15) is 4.79 Å². The van der Waals surface area contributed by atoms with Crippen LogP contribution in [0.25, 0.3) is 0 Å². The number of aryl methyl sites for hydroxylation is 1. The third-order valence-corrected chi connectivity index (χ3v) is 6.55. The normalized spacial score (nSPS) is 25.3. The fourth-order valence-corrected chi connectivity index (χ4v) is 4.94. The summed E-state index contributed by atoms with van der Waals surface area (Å²) >= 11 is 6.97. The van der Waals surface area contributed by atoms with Crippen LogP contribution in [0.4, 0.5) is 5.69 Å². The zero-order valence-corrected chi connectivity index (χ0v) is 17.0. The molecule has 4 rings (SSSR count). The van der Waals surface area contributed by atoms with Gasteiger partial charge in [-0.05, 0) is 31.5 Å². The first-order valence-electron chi connectivity index (χ1n) is 9.12. The molecule has 140 valence electrons. The Kier molecular flexibility index (Phi) is 5.21. The van der Waals surface area contributed by atoms with E-state index >= 15 is 0 Å². The van der Waals surface area contributed by atoms with Gasteiger partial charge in [0.05, 0.1) is 23.8 Å². The van der Waals surface area contributed by atoms with Crippen LogP contribution in [0.3, 0.4) is 0 Å². The van der Waals surface area contributed by atoms with E-state index in [0.717, 1.165) is 17.0 Å². The van der Waals surface area contributed by atoms with Crippen molar-refractivity contribution in [2.45, 2.75) is 26.0 Å². The number of hydrogen-bond acceptors (Lipinski definition) is 5. The maximum absolute atomic E-state index is 13.4. The van der Waals surface area contributed by atoms with Crippen LogP contribution < -0.4 is 5.06 Å². The van der Waals surface area contributed by atoms with Crippen molar-refractivity contribution >= 4 is 39.9 Å². The molecule has 2 aliphatic rings. The molecule has 2 fully saturated rings. The zero-order chi connectivity index (χ0) is 19.0. The summed E-state index contributed by atoms with van der Waals surface area (Å²) in [5, 5.41) is 1.89. The molecule has 0 aromatic heterocycles. The average molecular weight is 399 g/mol. The molecule has 3 atom stereocenters. The van der Waals surface area contributed by atoms with Crippen LogP contribution in [0.5, 0.6) is 0 Å². The molecule has 2 aromatic carbocycles. The lowest BCUT2D eigenvalue weighted by Gasteiger charge is -2.29. The summed E-state index contributed by atoms with van der Waals surface area (Å²) in [5.74, 6) is 0.607. The molecule has 0 bridgehead atoms. The van der Waals surface area contributed by atoms with Gasteiger partial charge in [0.1, 0.15) is 4.32 Å². The van der Waals surface area contributed by atoms with E-state index < -0.39 is 0 Å². The number of thioether (sulfide) groups is 1. The largest absolute Gasteiger partial charge is 0.297 e. The van der Waals surface area contributed by atoms with Crippen LogP contribution in [0, 0.1) is 12.8 Å². The number of benzene rings is 2. The van der Waals surface area contributed by atoms with Gasteiger partial charge < -0.3 is 0 Å². The Morgan fingerprint density at radius 1 is 1.15 bits per heavy atom. The van der Waals surface area contributed by atoms with Gasteiger partial charge in [-0.2, -0.15) is 0 Å². The van der Waals surface area contributed by atoms with Crippen LogP contribution in [0.15, 0.2) is 54.6 Å². The molecule has 0 unspecified atom stereocenters. The second-order valence-corrected chi connectivity index (χ2v) is 8.69. The SMILES string of the molecule is Cc1ccc([C@@H]2[C@@H](C(=O)N3CCSC3=S)[C@H](C)ON2c2ccccc2)cc1. The highest BCUT2D eigenvalue weighted by Crippen LogP contribution is 2.43. The molecule has 2 aromatic rings. The standard InChI is InChI=1S/C21H22N2O2S2/c1-14-8-10-16(11-9-14)19-18(20(24)22-12-13-27-21(22)26)15(2)25-23(19)17-6-4-3-5-7-17/h3-11,15,18-19H,12-13H2,1-2H3/t15-,18-,19+/m0/s1. The van der Waals surface area contributed by atoms with Crippen LogP contribution in [0.1, 0.15) is 24.1 Å². The van der Waals surface area contributed by atoms with Crippen LogP contribution >= 0.6 is 24.0 Å². The van der Waals surface area contributed by atoms with Gasteiger partial charge in [-0.3, -0.25) is 14.5 Å². The van der Waals surface area contributed by atoms with Crippen molar-refractivity contribution in [2.75, 3.05) is 17.4 Å². The predicted octanol–water partition coefficient (Wildman–Crippen LogP) is 4.35. The van der Waals surface area contributed by atoms with Crippen LogP contribution in [0.2, 0.25) is 0 Å². The predicted molar refractivity (Wildman–Crippen MR) is 114 cm³/mol. The van der Waals surface area contributed by atoms with Gasteiger partial charge in [-0.15, -0.1) is 0 Å². The minimum Gasteiger partial charge on any atom is -0.297 e. The van der Waals surface area contributed by atoms with Gasteiger partial charge in [-0.1, -0.05) is 72.0 Å². The topological polar surface area (TPSA) is 32.8 Å². The first kappa shape index (κ1) is 18.5. The van der Waals surface area contributed by atoms with Crippen molar-refractivity contribution in [1.29, 1.82) is 0 Å². The third kappa shape index (κ3) is 3.49. The number of para-hydroxylation sites is 1. The van der Waals surface area contributed by atoms with E-state index in [2.05, 4.69) is 31.2 Å². The number of amides is 1. The molecular formula is C21H22N2O2S2.